The summed E-state index contributed by atoms with van der Waals surface area (Å²) in [7, 11) is 0. The van der Waals surface area contributed by atoms with Crippen LogP contribution in [0.15, 0.2) is 200 Å². The van der Waals surface area contributed by atoms with Crippen molar-refractivity contribution in [2.75, 3.05) is 0 Å². The molecule has 0 saturated carbocycles. The van der Waals surface area contributed by atoms with Crippen molar-refractivity contribution in [3.63, 3.8) is 0 Å². The number of hydrogen-bond donors (Lipinski definition) is 0. The predicted octanol–water partition coefficient (Wildman–Crippen LogP) is 13.8. The average Bonchev–Trinajstić information content (AvgIpc) is 3.65. The highest BCUT2D eigenvalue weighted by Gasteiger charge is 2.17. The number of hydrogen-bond acceptors (Lipinski definition) is 0. The molecule has 0 spiro atoms. The predicted molar refractivity (Wildman–Crippen MR) is 218 cm³/mol. The molecular weight excluding hydrogens is 615 g/mol. The highest BCUT2D eigenvalue weighted by molar-refractivity contribution is 6.12. The lowest BCUT2D eigenvalue weighted by Gasteiger charge is -2.18. The Morgan fingerprint density at radius 3 is 1.31 bits per heavy atom. The van der Waals surface area contributed by atoms with Gasteiger partial charge >= 0.3 is 0 Å². The second-order valence-electron chi connectivity index (χ2n) is 13.3. The topological polar surface area (TPSA) is 4.93 Å². The van der Waals surface area contributed by atoms with Crippen molar-refractivity contribution in [3.05, 3.63) is 200 Å². The SMILES string of the molecule is c1ccc2c(-c3ccc(-c4ccc(-c5ccc(-c6c7ccccc7cc7ccccc67)cc5)n4-c4cccc5ccccc45)cc3)cccc2c1. The van der Waals surface area contributed by atoms with E-state index in [0.29, 0.717) is 0 Å². The molecule has 0 N–H and O–H groups in total. The molecule has 0 amide bonds. The number of nitrogens with zero attached hydrogens (tertiary/aromatic N) is 1. The van der Waals surface area contributed by atoms with Gasteiger partial charge in [-0.15, -0.1) is 0 Å². The zero-order valence-corrected chi connectivity index (χ0v) is 28.0. The van der Waals surface area contributed by atoms with E-state index < -0.39 is 0 Å². The zero-order chi connectivity index (χ0) is 33.7. The lowest BCUT2D eigenvalue weighted by Crippen LogP contribution is -2.00. The van der Waals surface area contributed by atoms with Gasteiger partial charge < -0.3 is 4.57 Å². The molecule has 10 rings (SSSR count). The summed E-state index contributed by atoms with van der Waals surface area (Å²) in [5.74, 6) is 0. The van der Waals surface area contributed by atoms with Crippen LogP contribution in [0.4, 0.5) is 0 Å². The van der Waals surface area contributed by atoms with E-state index in [1.807, 2.05) is 0 Å². The first-order chi connectivity index (χ1) is 25.3. The molecule has 0 radical (unpaired) electrons. The fourth-order valence-electron chi connectivity index (χ4n) is 7.98. The maximum atomic E-state index is 2.44. The molecule has 0 aliphatic heterocycles. The minimum absolute atomic E-state index is 1.16. The molecule has 1 heteroatoms. The lowest BCUT2D eigenvalue weighted by atomic mass is 9.91. The molecular formula is C50H33N. The molecule has 10 aromatic rings. The van der Waals surface area contributed by atoms with Gasteiger partial charge in [-0.1, -0.05) is 176 Å². The minimum atomic E-state index is 1.16. The molecule has 0 bridgehead atoms. The standard InChI is InChI=1S/C50H33N/c1-5-17-42-34(11-1)15-9-21-43(42)36-23-25-37(26-24-36)47-31-32-48(51(47)49-22-10-16-35-12-2-6-18-44(35)49)38-27-29-39(30-28-38)50-45-19-7-3-13-40(45)33-41-14-4-8-20-46(41)50/h1-33H. The number of benzene rings is 9. The van der Waals surface area contributed by atoms with Gasteiger partial charge in [-0.3, -0.25) is 0 Å². The third-order valence-corrected chi connectivity index (χ3v) is 10.4. The molecule has 0 aliphatic carbocycles. The molecule has 9 aromatic carbocycles. The molecule has 238 valence electrons. The summed E-state index contributed by atoms with van der Waals surface area (Å²) in [6, 6.07) is 73.0. The fourth-order valence-corrected chi connectivity index (χ4v) is 7.98. The van der Waals surface area contributed by atoms with Crippen LogP contribution in [0.5, 0.6) is 0 Å². The Hall–Kier alpha value is -6.70. The van der Waals surface area contributed by atoms with Gasteiger partial charge in [0.25, 0.3) is 0 Å². The largest absolute Gasteiger partial charge is 0.309 e. The normalized spacial score (nSPS) is 11.5. The van der Waals surface area contributed by atoms with Crippen molar-refractivity contribution in [2.45, 2.75) is 0 Å². The summed E-state index contributed by atoms with van der Waals surface area (Å²) < 4.78 is 2.44. The van der Waals surface area contributed by atoms with E-state index in [4.69, 9.17) is 0 Å². The van der Waals surface area contributed by atoms with Crippen LogP contribution in [0, 0.1) is 0 Å². The Bertz CT molecular complexity index is 2830. The second-order valence-corrected chi connectivity index (χ2v) is 13.3. The van der Waals surface area contributed by atoms with Gasteiger partial charge in [-0.25, -0.2) is 0 Å². The van der Waals surface area contributed by atoms with E-state index in [0.717, 1.165) is 11.4 Å². The van der Waals surface area contributed by atoms with Gasteiger partial charge in [0, 0.05) is 5.39 Å². The maximum absolute atomic E-state index is 2.44. The summed E-state index contributed by atoms with van der Waals surface area (Å²) in [6.45, 7) is 0. The van der Waals surface area contributed by atoms with Gasteiger partial charge in [0.15, 0.2) is 0 Å². The molecule has 0 unspecified atom stereocenters. The van der Waals surface area contributed by atoms with Crippen LogP contribution in [0.2, 0.25) is 0 Å². The number of rotatable bonds is 5. The van der Waals surface area contributed by atoms with Gasteiger partial charge in [-0.05, 0) is 95.3 Å². The van der Waals surface area contributed by atoms with Gasteiger partial charge in [-0.2, -0.15) is 0 Å². The van der Waals surface area contributed by atoms with Crippen molar-refractivity contribution in [3.8, 4) is 50.5 Å². The van der Waals surface area contributed by atoms with Crippen molar-refractivity contribution in [1.82, 2.24) is 4.57 Å². The zero-order valence-electron chi connectivity index (χ0n) is 28.0. The summed E-state index contributed by atoms with van der Waals surface area (Å²) in [5, 5.41) is 10.1. The van der Waals surface area contributed by atoms with E-state index in [1.165, 1.54) is 82.2 Å². The van der Waals surface area contributed by atoms with Crippen LogP contribution >= 0.6 is 0 Å². The van der Waals surface area contributed by atoms with Crippen LogP contribution in [-0.2, 0) is 0 Å². The minimum Gasteiger partial charge on any atom is -0.309 e. The summed E-state index contributed by atoms with van der Waals surface area (Å²) in [4.78, 5) is 0. The highest BCUT2D eigenvalue weighted by Crippen LogP contribution is 2.40. The Morgan fingerprint density at radius 1 is 0.275 bits per heavy atom. The monoisotopic (exact) mass is 647 g/mol. The molecule has 1 nitrogen and oxygen atoms in total. The summed E-state index contributed by atoms with van der Waals surface area (Å²) in [5.41, 5.74) is 10.8. The van der Waals surface area contributed by atoms with Gasteiger partial charge in [0.2, 0.25) is 0 Å². The van der Waals surface area contributed by atoms with Crippen LogP contribution < -0.4 is 0 Å². The lowest BCUT2D eigenvalue weighted by molar-refractivity contribution is 1.11. The molecule has 0 saturated heterocycles. The number of fused-ring (bicyclic) bond motifs is 4. The first-order valence-electron chi connectivity index (χ1n) is 17.6. The molecule has 1 heterocycles. The Balaban J connectivity index is 1.12. The van der Waals surface area contributed by atoms with E-state index in [2.05, 4.69) is 205 Å². The van der Waals surface area contributed by atoms with Gasteiger partial charge in [0.1, 0.15) is 0 Å². The Morgan fingerprint density at radius 2 is 0.706 bits per heavy atom. The van der Waals surface area contributed by atoms with Crippen molar-refractivity contribution in [2.24, 2.45) is 0 Å². The third kappa shape index (κ3) is 4.94. The maximum Gasteiger partial charge on any atom is 0.0540 e. The fraction of sp³-hybridized carbons (Fsp3) is 0. The molecule has 51 heavy (non-hydrogen) atoms. The first kappa shape index (κ1) is 29.2. The van der Waals surface area contributed by atoms with Crippen LogP contribution in [0.25, 0.3) is 93.5 Å². The van der Waals surface area contributed by atoms with Crippen molar-refractivity contribution < 1.29 is 0 Å². The van der Waals surface area contributed by atoms with Crippen LogP contribution in [-0.4, -0.2) is 4.57 Å². The smallest absolute Gasteiger partial charge is 0.0540 e. The van der Waals surface area contributed by atoms with Crippen molar-refractivity contribution >= 4 is 43.1 Å². The molecule has 0 atom stereocenters. The van der Waals surface area contributed by atoms with E-state index in [-0.39, 0.29) is 0 Å². The third-order valence-electron chi connectivity index (χ3n) is 10.4. The number of aromatic nitrogens is 1. The highest BCUT2D eigenvalue weighted by atomic mass is 15.0. The first-order valence-corrected chi connectivity index (χ1v) is 17.6. The summed E-state index contributed by atoms with van der Waals surface area (Å²) >= 11 is 0. The van der Waals surface area contributed by atoms with E-state index in [9.17, 15) is 0 Å². The van der Waals surface area contributed by atoms with Crippen molar-refractivity contribution in [1.29, 1.82) is 0 Å². The van der Waals surface area contributed by atoms with Crippen LogP contribution in [0.1, 0.15) is 0 Å². The summed E-state index contributed by atoms with van der Waals surface area (Å²) in [6.07, 6.45) is 0. The molecule has 0 fully saturated rings. The Kier molecular flexibility index (Phi) is 6.89. The van der Waals surface area contributed by atoms with E-state index >= 15 is 0 Å². The van der Waals surface area contributed by atoms with E-state index in [1.54, 1.807) is 0 Å². The second kappa shape index (κ2) is 12.0. The Labute approximate surface area is 297 Å². The molecule has 1 aromatic heterocycles. The molecule has 0 aliphatic rings. The van der Waals surface area contributed by atoms with Gasteiger partial charge in [0.05, 0.1) is 17.1 Å². The quantitative estimate of drug-likeness (QED) is 0.164. The van der Waals surface area contributed by atoms with Crippen LogP contribution in [0.3, 0.4) is 0 Å². The average molecular weight is 648 g/mol.